The summed E-state index contributed by atoms with van der Waals surface area (Å²) in [6.07, 6.45) is 0. The Kier molecular flexibility index (Phi) is 2.16. The first kappa shape index (κ1) is 8.22. The van der Waals surface area contributed by atoms with Crippen molar-refractivity contribution in [3.8, 4) is 0 Å². The Hall–Kier alpha value is 0.116. The fourth-order valence-electron chi connectivity index (χ4n) is 1.57. The summed E-state index contributed by atoms with van der Waals surface area (Å²) in [5.41, 5.74) is 4.74. The van der Waals surface area contributed by atoms with Gasteiger partial charge in [-0.1, -0.05) is 0 Å². The van der Waals surface area contributed by atoms with Gasteiger partial charge in [0, 0.05) is 0 Å². The monoisotopic (exact) mass is 192 g/mol. The summed E-state index contributed by atoms with van der Waals surface area (Å²) in [7, 11) is 0. The maximum absolute atomic E-state index is 2.33. The zero-order valence-corrected chi connectivity index (χ0v) is 11.8. The molecule has 0 heterocycles. The van der Waals surface area contributed by atoms with Gasteiger partial charge in [-0.05, 0) is 0 Å². The second-order valence-corrected chi connectivity index (χ2v) is 5.60. The van der Waals surface area contributed by atoms with Crippen molar-refractivity contribution < 1.29 is 0 Å². The van der Waals surface area contributed by atoms with Crippen molar-refractivity contribution in [1.82, 2.24) is 0 Å². The van der Waals surface area contributed by atoms with Crippen LogP contribution >= 0.6 is 0 Å². The predicted octanol–water partition coefficient (Wildman–Crippen LogP) is 1.88. The Labute approximate surface area is 73.3 Å². The molecule has 0 aromatic heterocycles. The van der Waals surface area contributed by atoms with E-state index in [0.717, 1.165) is 24.5 Å². The topological polar surface area (TPSA) is 0 Å². The summed E-state index contributed by atoms with van der Waals surface area (Å²) < 4.78 is 1.74. The molecule has 0 bridgehead atoms. The van der Waals surface area contributed by atoms with Gasteiger partial charge >= 0.3 is 73.1 Å². The van der Waals surface area contributed by atoms with Gasteiger partial charge in [0.1, 0.15) is 0 Å². The maximum atomic E-state index is 2.33. The Morgan fingerprint density at radius 2 is 1.60 bits per heavy atom. The second-order valence-electron chi connectivity index (χ2n) is 3.34. The van der Waals surface area contributed by atoms with Crippen molar-refractivity contribution in [2.24, 2.45) is 5.92 Å². The Bertz CT molecular complexity index is 197. The molecule has 10 heavy (non-hydrogen) atoms. The first-order valence-electron chi connectivity index (χ1n) is 3.90. The number of allylic oxidation sites excluding steroid dienone is 4. The SMILES string of the molecule is CC1=C(C)C(C)[C]([GaH2])=C1C. The minimum absolute atomic E-state index is 0.778. The van der Waals surface area contributed by atoms with Gasteiger partial charge in [-0.15, -0.1) is 0 Å². The Morgan fingerprint density at radius 1 is 1.10 bits per heavy atom. The average Bonchev–Trinajstić information content (AvgIpc) is 2.07. The molecule has 0 fully saturated rings. The van der Waals surface area contributed by atoms with Crippen molar-refractivity contribution in [3.05, 3.63) is 20.8 Å². The Balaban J connectivity index is 3.09. The summed E-state index contributed by atoms with van der Waals surface area (Å²) in [6, 6.07) is 0. The molecule has 1 rings (SSSR count). The van der Waals surface area contributed by atoms with Crippen LogP contribution in [0.3, 0.4) is 0 Å². The van der Waals surface area contributed by atoms with Crippen LogP contribution in [0, 0.1) is 5.92 Å². The van der Waals surface area contributed by atoms with Crippen LogP contribution in [0.25, 0.3) is 0 Å². The van der Waals surface area contributed by atoms with Crippen molar-refractivity contribution in [3.63, 3.8) is 0 Å². The molecule has 1 aliphatic carbocycles. The second kappa shape index (κ2) is 2.63. The van der Waals surface area contributed by atoms with E-state index in [1.807, 2.05) is 0 Å². The molecule has 0 saturated heterocycles. The number of hydrogen-bond acceptors (Lipinski definition) is 0. The molecule has 0 nitrogen and oxygen atoms in total. The molecule has 1 heteroatoms. The minimum atomic E-state index is 0.778. The van der Waals surface area contributed by atoms with Gasteiger partial charge in [-0.2, -0.15) is 0 Å². The van der Waals surface area contributed by atoms with Crippen LogP contribution in [-0.4, -0.2) is 18.6 Å². The van der Waals surface area contributed by atoms with E-state index >= 15 is 0 Å². The van der Waals surface area contributed by atoms with Gasteiger partial charge in [0.25, 0.3) is 0 Å². The predicted molar refractivity (Wildman–Crippen MR) is 48.8 cm³/mol. The fraction of sp³-hybridized carbons (Fsp3) is 0.556. The molecule has 0 aliphatic heterocycles. The summed E-state index contributed by atoms with van der Waals surface area (Å²) in [6.45, 7) is 9.11. The van der Waals surface area contributed by atoms with Gasteiger partial charge in [0.2, 0.25) is 0 Å². The van der Waals surface area contributed by atoms with Crippen LogP contribution in [0.1, 0.15) is 27.7 Å². The summed E-state index contributed by atoms with van der Waals surface area (Å²) in [5.74, 6) is 0.778. The van der Waals surface area contributed by atoms with Crippen LogP contribution in [0.15, 0.2) is 20.8 Å². The van der Waals surface area contributed by atoms with Crippen LogP contribution < -0.4 is 0 Å². The molecule has 0 aromatic rings. The van der Waals surface area contributed by atoms with Crippen LogP contribution in [0.2, 0.25) is 0 Å². The quantitative estimate of drug-likeness (QED) is 0.515. The Morgan fingerprint density at radius 3 is 1.70 bits per heavy atom. The molecule has 0 spiro atoms. The third-order valence-electron chi connectivity index (χ3n) is 3.04. The van der Waals surface area contributed by atoms with E-state index < -0.39 is 0 Å². The molecule has 1 atom stereocenters. The first-order chi connectivity index (χ1) is 4.55. The van der Waals surface area contributed by atoms with Gasteiger partial charge in [-0.3, -0.25) is 0 Å². The van der Waals surface area contributed by atoms with E-state index in [4.69, 9.17) is 0 Å². The fourth-order valence-corrected chi connectivity index (χ4v) is 3.26. The van der Waals surface area contributed by atoms with Gasteiger partial charge in [0.15, 0.2) is 0 Å². The zero-order valence-electron chi connectivity index (χ0n) is 7.58. The normalized spacial score (nSPS) is 26.6. The average molecular weight is 193 g/mol. The summed E-state index contributed by atoms with van der Waals surface area (Å²) in [4.78, 5) is 0. The summed E-state index contributed by atoms with van der Waals surface area (Å²) >= 11 is 0.884. The van der Waals surface area contributed by atoms with Gasteiger partial charge < -0.3 is 0 Å². The van der Waals surface area contributed by atoms with Crippen LogP contribution in [0.5, 0.6) is 0 Å². The first-order valence-corrected chi connectivity index (χ1v) is 6.00. The number of hydrogen-bond donors (Lipinski definition) is 0. The van der Waals surface area contributed by atoms with E-state index in [1.54, 1.807) is 20.8 Å². The van der Waals surface area contributed by atoms with Crippen LogP contribution in [0.4, 0.5) is 0 Å². The van der Waals surface area contributed by atoms with Crippen molar-refractivity contribution in [2.75, 3.05) is 0 Å². The van der Waals surface area contributed by atoms with Crippen molar-refractivity contribution in [1.29, 1.82) is 0 Å². The van der Waals surface area contributed by atoms with Gasteiger partial charge in [0.05, 0.1) is 0 Å². The van der Waals surface area contributed by atoms with E-state index in [9.17, 15) is 0 Å². The molecular formula is C9H15Ga. The molecular weight excluding hydrogens is 178 g/mol. The number of rotatable bonds is 0. The van der Waals surface area contributed by atoms with Crippen LogP contribution in [-0.2, 0) is 0 Å². The van der Waals surface area contributed by atoms with Crippen molar-refractivity contribution >= 4 is 18.6 Å². The van der Waals surface area contributed by atoms with E-state index in [-0.39, 0.29) is 0 Å². The molecule has 1 unspecified atom stereocenters. The molecule has 1 aliphatic rings. The van der Waals surface area contributed by atoms with Gasteiger partial charge in [-0.25, -0.2) is 0 Å². The third-order valence-corrected chi connectivity index (χ3v) is 6.44. The molecule has 54 valence electrons. The van der Waals surface area contributed by atoms with Crippen molar-refractivity contribution in [2.45, 2.75) is 27.7 Å². The molecule has 0 N–H and O–H groups in total. The summed E-state index contributed by atoms with van der Waals surface area (Å²) in [5, 5.41) is 0. The molecule has 0 saturated carbocycles. The molecule has 0 aromatic carbocycles. The third kappa shape index (κ3) is 1.02. The van der Waals surface area contributed by atoms with E-state index in [1.165, 1.54) is 0 Å². The standard InChI is InChI=1S/C9H13.Ga.2H/c1-6-5-7(2)9(4)8(6)3;;;/h6H,1-4H3;;;. The van der Waals surface area contributed by atoms with E-state index in [2.05, 4.69) is 27.7 Å². The van der Waals surface area contributed by atoms with E-state index in [0.29, 0.717) is 0 Å². The zero-order chi connectivity index (χ0) is 7.89. The molecule has 0 amide bonds. The molecule has 0 radical (unpaired) electrons.